The van der Waals surface area contributed by atoms with Crippen molar-refractivity contribution in [1.82, 2.24) is 0 Å². The van der Waals surface area contributed by atoms with Gasteiger partial charge in [0.2, 0.25) is 0 Å². The lowest BCUT2D eigenvalue weighted by Crippen LogP contribution is -2.59. The molecule has 1 fully saturated rings. The van der Waals surface area contributed by atoms with Gasteiger partial charge in [-0.3, -0.25) is 9.11 Å². The molecule has 0 aromatic rings. The molecular formula is C59H28O14S2. The van der Waals surface area contributed by atoms with Crippen LogP contribution in [0.2, 0.25) is 0 Å². The predicted molar refractivity (Wildman–Crippen MR) is 271 cm³/mol. The molecule has 1 unspecified atom stereocenters. The zero-order chi connectivity index (χ0) is 55.4. The molecule has 75 heavy (non-hydrogen) atoms. The number of carbonyl (C=O) groups is 1. The molecule has 1 aliphatic heterocycles. The van der Waals surface area contributed by atoms with Gasteiger partial charge in [-0.1, -0.05) is 13.8 Å². The van der Waals surface area contributed by atoms with Crippen molar-refractivity contribution >= 4 is 26.8 Å². The number of terminal acetylenes is 2. The number of rotatable bonds is 14. The first-order valence-electron chi connectivity index (χ1n) is 20.0. The fourth-order valence-corrected chi connectivity index (χ4v) is 5.64. The van der Waals surface area contributed by atoms with E-state index in [0.717, 1.165) is 0 Å². The van der Waals surface area contributed by atoms with Crippen molar-refractivity contribution in [2.24, 2.45) is 11.3 Å². The van der Waals surface area contributed by atoms with Gasteiger partial charge in [-0.05, 0) is 102 Å². The summed E-state index contributed by atoms with van der Waals surface area (Å²) in [6.07, 6.45) is 9.08. The second-order valence-electron chi connectivity index (χ2n) is 13.3. The Kier molecular flexibility index (Phi) is 30.6. The molecule has 360 valence electrons. The molecule has 1 saturated heterocycles. The van der Waals surface area contributed by atoms with Gasteiger partial charge in [0, 0.05) is 161 Å². The summed E-state index contributed by atoms with van der Waals surface area (Å²) in [5, 5.41) is 10.4. The highest BCUT2D eigenvalue weighted by molar-refractivity contribution is 7.81. The fourth-order valence-electron chi connectivity index (χ4n) is 4.59. The van der Waals surface area contributed by atoms with Crippen molar-refractivity contribution in [2.75, 3.05) is 19.8 Å². The van der Waals surface area contributed by atoms with E-state index in [-0.39, 0.29) is 13.2 Å². The van der Waals surface area contributed by atoms with Crippen molar-refractivity contribution in [3.63, 3.8) is 0 Å². The first-order valence-corrected chi connectivity index (χ1v) is 22.7. The molecule has 1 heterocycles. The topological polar surface area (TPSA) is 201 Å². The first kappa shape index (κ1) is 62.1. The smallest absolute Gasteiger partial charge is 0.397 e. The van der Waals surface area contributed by atoms with E-state index in [4.69, 9.17) is 40.5 Å². The van der Waals surface area contributed by atoms with Crippen molar-refractivity contribution in [1.29, 1.82) is 0 Å². The normalized spacial score (nSPS) is 14.4. The van der Waals surface area contributed by atoms with Crippen molar-refractivity contribution in [3.8, 4) is 262 Å². The van der Waals surface area contributed by atoms with Crippen molar-refractivity contribution in [3.05, 3.63) is 0 Å². The Morgan fingerprint density at radius 1 is 0.560 bits per heavy atom. The molecule has 0 spiro atoms. The standard InChI is InChI=1S/C59H28O14S2/c1-6-8-10-12-14-16-18-20-22-24-26-28-30-32-34-36-38-40-42-44-46-68-50-58(5,51-69-47-45-43-41-39-37-35-33-31-29-27-25-23-21-19-17-15-13-11-9-7-2)52-70-59(57(60)61)49-56(73-75(65,66)67)54(4)55(71-59)48-53(3)72-74(62,63)64/h1-2,53-56H,48-52H2,3-5H3,(H,60,61)(H,62,63,64)(H,65,66,67)/t53-,54+,55?,56-,59-/m1/s1. The van der Waals surface area contributed by atoms with E-state index in [1.807, 2.05) is 0 Å². The van der Waals surface area contributed by atoms with Crippen LogP contribution in [0.3, 0.4) is 0 Å². The lowest BCUT2D eigenvalue weighted by Gasteiger charge is -2.45. The maximum atomic E-state index is 12.9. The molecule has 0 amide bonds. The predicted octanol–water partition coefficient (Wildman–Crippen LogP) is 0.284. The van der Waals surface area contributed by atoms with E-state index < -0.39 is 81.6 Å². The highest BCUT2D eigenvalue weighted by atomic mass is 32.3. The average molecular weight is 1020 g/mol. The summed E-state index contributed by atoms with van der Waals surface area (Å²) >= 11 is 0. The molecule has 0 aromatic heterocycles. The Morgan fingerprint density at radius 3 is 1.15 bits per heavy atom. The Bertz CT molecular complexity index is 3730. The molecule has 3 N–H and O–H groups in total. The summed E-state index contributed by atoms with van der Waals surface area (Å²) < 4.78 is 97.0. The Labute approximate surface area is 438 Å². The lowest BCUT2D eigenvalue weighted by molar-refractivity contribution is -0.308. The summed E-state index contributed by atoms with van der Waals surface area (Å²) in [6.45, 7) is 2.84. The van der Waals surface area contributed by atoms with E-state index in [1.54, 1.807) is 0 Å². The van der Waals surface area contributed by atoms with Crippen LogP contribution in [0.4, 0.5) is 0 Å². The molecule has 16 heteroatoms. The molecule has 0 aliphatic carbocycles. The maximum Gasteiger partial charge on any atom is 0.397 e. The van der Waals surface area contributed by atoms with Crippen LogP contribution in [0.15, 0.2) is 0 Å². The van der Waals surface area contributed by atoms with Crippen LogP contribution < -0.4 is 0 Å². The largest absolute Gasteiger partial charge is 0.477 e. The second-order valence-corrected chi connectivity index (χ2v) is 15.4. The SMILES string of the molecule is C#CC#CC#CC#CC#CC#CC#CC#CC#CC#CC#COCC(C)(COC#CC#CC#CC#CC#CC#CC#CC#CC#CC#CC#C)CO[C@]1(C(=O)O)C[C@@H](OS(=O)(=O)O)[C@@H](C)C(C[C@@H](C)OS(=O)(=O)O)O1. The molecule has 0 aromatic carbocycles. The third-order valence-corrected chi connectivity index (χ3v) is 8.60. The molecule has 0 bridgehead atoms. The van der Waals surface area contributed by atoms with Crippen LogP contribution in [0, 0.1) is 273 Å². The summed E-state index contributed by atoms with van der Waals surface area (Å²) in [5.41, 5.74) is -1.33. The summed E-state index contributed by atoms with van der Waals surface area (Å²) in [7, 11) is -10.1. The average Bonchev–Trinajstić information content (AvgIpc) is 3.34. The van der Waals surface area contributed by atoms with Crippen molar-refractivity contribution in [2.45, 2.75) is 57.7 Å². The van der Waals surface area contributed by atoms with Crippen LogP contribution in [0.25, 0.3) is 0 Å². The summed E-state index contributed by atoms with van der Waals surface area (Å²) in [6, 6.07) is 0. The van der Waals surface area contributed by atoms with Crippen LogP contribution in [0.5, 0.6) is 0 Å². The monoisotopic (exact) mass is 1020 g/mol. The highest BCUT2D eigenvalue weighted by Gasteiger charge is 2.54. The third kappa shape index (κ3) is 33.3. The van der Waals surface area contributed by atoms with Gasteiger partial charge in [-0.2, -0.15) is 16.8 Å². The number of carboxylic acids is 1. The minimum atomic E-state index is -5.17. The molecule has 5 atom stereocenters. The quantitative estimate of drug-likeness (QED) is 0.158. The Hall–Kier alpha value is -10.9. The minimum absolute atomic E-state index is 0.341. The van der Waals surface area contributed by atoms with E-state index in [2.05, 4.69) is 253 Å². The van der Waals surface area contributed by atoms with E-state index in [0.29, 0.717) is 0 Å². The van der Waals surface area contributed by atoms with Gasteiger partial charge in [0.05, 0.1) is 30.3 Å². The minimum Gasteiger partial charge on any atom is -0.477 e. The summed E-state index contributed by atoms with van der Waals surface area (Å²) in [4.78, 5) is 12.9. The van der Waals surface area contributed by atoms with Gasteiger partial charge in [-0.25, -0.2) is 13.2 Å². The van der Waals surface area contributed by atoms with Gasteiger partial charge in [0.15, 0.2) is 0 Å². The number of carboxylic acid groups (broad SMARTS) is 1. The number of hydrogen-bond acceptors (Lipinski definition) is 11. The van der Waals surface area contributed by atoms with E-state index >= 15 is 0 Å². The molecule has 1 aliphatic rings. The van der Waals surface area contributed by atoms with Crippen LogP contribution >= 0.6 is 0 Å². The lowest BCUT2D eigenvalue weighted by atomic mass is 9.86. The highest BCUT2D eigenvalue weighted by Crippen LogP contribution is 2.39. The number of ether oxygens (including phenoxy) is 4. The Morgan fingerprint density at radius 2 is 0.867 bits per heavy atom. The van der Waals surface area contributed by atoms with Gasteiger partial charge in [0.1, 0.15) is 25.4 Å². The van der Waals surface area contributed by atoms with Gasteiger partial charge >= 0.3 is 26.8 Å². The van der Waals surface area contributed by atoms with Gasteiger partial charge in [-0.15, -0.1) is 12.8 Å². The zero-order valence-corrected chi connectivity index (χ0v) is 40.8. The number of aliphatic carboxylic acids is 1. The third-order valence-electron chi connectivity index (χ3n) is 7.54. The molecule has 0 radical (unpaired) electrons. The second kappa shape index (κ2) is 37.0. The molecule has 1 rings (SSSR count). The fraction of sp³-hybridized carbons (Fsp3) is 0.237. The summed E-state index contributed by atoms with van der Waals surface area (Å²) in [5.74, 6) is 91.1. The van der Waals surface area contributed by atoms with Gasteiger partial charge in [0.25, 0.3) is 5.79 Å². The number of hydrogen-bond donors (Lipinski definition) is 3. The molecular weight excluding hydrogens is 997 g/mol. The van der Waals surface area contributed by atoms with Crippen LogP contribution in [0.1, 0.15) is 33.6 Å². The van der Waals surface area contributed by atoms with Crippen molar-refractivity contribution < 1.29 is 63.2 Å². The molecule has 14 nitrogen and oxygen atoms in total. The zero-order valence-electron chi connectivity index (χ0n) is 39.1. The van der Waals surface area contributed by atoms with Crippen LogP contribution in [-0.2, 0) is 52.9 Å². The Balaban J connectivity index is 3.27. The van der Waals surface area contributed by atoms with Gasteiger partial charge < -0.3 is 24.1 Å². The van der Waals surface area contributed by atoms with Crippen LogP contribution in [-0.4, -0.2) is 80.9 Å². The maximum absolute atomic E-state index is 12.9. The van der Waals surface area contributed by atoms with E-state index in [9.17, 15) is 31.3 Å². The van der Waals surface area contributed by atoms with E-state index in [1.165, 1.54) is 20.8 Å². The molecule has 0 saturated carbocycles. The first-order chi connectivity index (χ1) is 36.0.